The number of benzene rings is 2. The Labute approximate surface area is 202 Å². The zero-order valence-corrected chi connectivity index (χ0v) is 19.6. The van der Waals surface area contributed by atoms with Crippen LogP contribution in [0.1, 0.15) is 37.4 Å². The van der Waals surface area contributed by atoms with Crippen LogP contribution in [0.5, 0.6) is 0 Å². The van der Waals surface area contributed by atoms with E-state index in [-0.39, 0.29) is 24.4 Å². The van der Waals surface area contributed by atoms with Crippen LogP contribution >= 0.6 is 0 Å². The Morgan fingerprint density at radius 2 is 1.74 bits per heavy atom. The Kier molecular flexibility index (Phi) is 6.41. The molecule has 0 spiro atoms. The molecule has 0 bridgehead atoms. The number of para-hydroxylation sites is 2. The number of urea groups is 1. The summed E-state index contributed by atoms with van der Waals surface area (Å²) in [5.74, 6) is -0.441. The first-order valence-electron chi connectivity index (χ1n) is 12.0. The molecule has 35 heavy (non-hydrogen) atoms. The second-order valence-electron chi connectivity index (χ2n) is 8.88. The molecule has 182 valence electrons. The Hall–Kier alpha value is -3.85. The molecule has 0 saturated carbocycles. The molecule has 1 unspecified atom stereocenters. The molecule has 3 heterocycles. The molecule has 1 atom stereocenters. The van der Waals surface area contributed by atoms with Crippen molar-refractivity contribution in [2.45, 2.75) is 31.8 Å². The Balaban J connectivity index is 1.37. The lowest BCUT2D eigenvalue weighted by Crippen LogP contribution is -2.49. The maximum atomic E-state index is 13.0. The number of carbonyl (C=O) groups excluding carboxylic acids is 2. The SMILES string of the molecule is CCOC(=O)C1=C(CN2CCC(n3c(=O)[nH]c4ccccc43)CC2)NC(=O)NC1c1ccccc1. The van der Waals surface area contributed by atoms with E-state index in [1.54, 1.807) is 6.92 Å². The standard InChI is InChI=1S/C26H29N5O4/c1-2-35-24(32)22-20(27-25(33)29-23(22)17-8-4-3-5-9-17)16-30-14-12-18(13-15-30)31-21-11-7-6-10-19(21)28-26(31)34/h3-11,18,23H,2,12-16H2,1H3,(H,28,34)(H2,27,29,33). The topological polar surface area (TPSA) is 108 Å². The van der Waals surface area contributed by atoms with Crippen LogP contribution in [-0.4, -0.2) is 52.7 Å². The quantitative estimate of drug-likeness (QED) is 0.475. The van der Waals surface area contributed by atoms with Gasteiger partial charge in [-0.25, -0.2) is 14.4 Å². The summed E-state index contributed by atoms with van der Waals surface area (Å²) in [5.41, 5.74) is 3.47. The van der Waals surface area contributed by atoms with Gasteiger partial charge in [0.25, 0.3) is 0 Å². The maximum Gasteiger partial charge on any atom is 0.338 e. The number of likely N-dealkylation sites (tertiary alicyclic amines) is 1. The molecule has 1 aromatic heterocycles. The van der Waals surface area contributed by atoms with Crippen LogP contribution < -0.4 is 16.3 Å². The third kappa shape index (κ3) is 4.59. The predicted octanol–water partition coefficient (Wildman–Crippen LogP) is 2.84. The number of imidazole rings is 1. The van der Waals surface area contributed by atoms with Gasteiger partial charge in [-0.15, -0.1) is 0 Å². The molecule has 1 saturated heterocycles. The van der Waals surface area contributed by atoms with E-state index in [0.29, 0.717) is 17.8 Å². The molecule has 2 aliphatic rings. The highest BCUT2D eigenvalue weighted by Gasteiger charge is 2.35. The normalized spacial score (nSPS) is 19.5. The Morgan fingerprint density at radius 3 is 2.49 bits per heavy atom. The highest BCUT2D eigenvalue weighted by molar-refractivity contribution is 5.95. The van der Waals surface area contributed by atoms with E-state index >= 15 is 0 Å². The van der Waals surface area contributed by atoms with Gasteiger partial charge in [0.2, 0.25) is 0 Å². The number of H-pyrrole nitrogens is 1. The van der Waals surface area contributed by atoms with Crippen LogP contribution in [0.2, 0.25) is 0 Å². The van der Waals surface area contributed by atoms with Crippen molar-refractivity contribution in [1.29, 1.82) is 0 Å². The first-order valence-corrected chi connectivity index (χ1v) is 12.0. The van der Waals surface area contributed by atoms with Crippen LogP contribution in [0.3, 0.4) is 0 Å². The van der Waals surface area contributed by atoms with Crippen LogP contribution in [0, 0.1) is 0 Å². The van der Waals surface area contributed by atoms with Gasteiger partial charge in [-0.1, -0.05) is 42.5 Å². The number of rotatable bonds is 6. The van der Waals surface area contributed by atoms with Gasteiger partial charge in [0.1, 0.15) is 0 Å². The average Bonchev–Trinajstić information content (AvgIpc) is 3.20. The molecule has 2 amide bonds. The number of aromatic nitrogens is 2. The van der Waals surface area contributed by atoms with Gasteiger partial charge in [-0.2, -0.15) is 0 Å². The van der Waals surface area contributed by atoms with Crippen molar-refractivity contribution in [3.63, 3.8) is 0 Å². The van der Waals surface area contributed by atoms with Gasteiger partial charge in [-0.05, 0) is 37.5 Å². The molecule has 3 aromatic rings. The number of fused-ring (bicyclic) bond motifs is 1. The summed E-state index contributed by atoms with van der Waals surface area (Å²) in [6.45, 7) is 3.89. The number of carbonyl (C=O) groups is 2. The second-order valence-corrected chi connectivity index (χ2v) is 8.88. The van der Waals surface area contributed by atoms with E-state index in [0.717, 1.165) is 42.5 Å². The number of hydrogen-bond donors (Lipinski definition) is 3. The molecular formula is C26H29N5O4. The summed E-state index contributed by atoms with van der Waals surface area (Å²) < 4.78 is 7.21. The van der Waals surface area contributed by atoms with Crippen LogP contribution in [0.15, 0.2) is 70.7 Å². The number of esters is 1. The number of nitrogens with zero attached hydrogens (tertiary/aromatic N) is 2. The summed E-state index contributed by atoms with van der Waals surface area (Å²) in [4.78, 5) is 43.3. The minimum absolute atomic E-state index is 0.0896. The number of nitrogens with one attached hydrogen (secondary N) is 3. The van der Waals surface area contributed by atoms with E-state index in [9.17, 15) is 14.4 Å². The smallest absolute Gasteiger partial charge is 0.338 e. The lowest BCUT2D eigenvalue weighted by molar-refractivity contribution is -0.139. The summed E-state index contributed by atoms with van der Waals surface area (Å²) in [6, 6.07) is 16.3. The van der Waals surface area contributed by atoms with Crippen LogP contribution in [0.25, 0.3) is 11.0 Å². The van der Waals surface area contributed by atoms with Crippen molar-refractivity contribution in [1.82, 2.24) is 25.1 Å². The monoisotopic (exact) mass is 475 g/mol. The molecule has 9 nitrogen and oxygen atoms in total. The molecule has 9 heteroatoms. The van der Waals surface area contributed by atoms with Gasteiger partial charge in [0.05, 0.1) is 29.3 Å². The van der Waals surface area contributed by atoms with Crippen molar-refractivity contribution in [3.8, 4) is 0 Å². The molecular weight excluding hydrogens is 446 g/mol. The molecule has 0 aliphatic carbocycles. The second kappa shape index (κ2) is 9.79. The molecule has 1 fully saturated rings. The van der Waals surface area contributed by atoms with E-state index in [1.165, 1.54) is 0 Å². The number of piperidine rings is 1. The first-order chi connectivity index (χ1) is 17.0. The van der Waals surface area contributed by atoms with Crippen molar-refractivity contribution in [2.75, 3.05) is 26.2 Å². The zero-order valence-electron chi connectivity index (χ0n) is 19.6. The molecule has 2 aromatic carbocycles. The van der Waals surface area contributed by atoms with E-state index in [2.05, 4.69) is 20.5 Å². The van der Waals surface area contributed by atoms with Gasteiger partial charge in [-0.3, -0.25) is 9.47 Å². The lowest BCUT2D eigenvalue weighted by atomic mass is 9.94. The molecule has 0 radical (unpaired) electrons. The highest BCUT2D eigenvalue weighted by atomic mass is 16.5. The van der Waals surface area contributed by atoms with Gasteiger partial charge in [0.15, 0.2) is 0 Å². The lowest BCUT2D eigenvalue weighted by Gasteiger charge is -2.35. The first kappa shape index (κ1) is 22.9. The third-order valence-corrected chi connectivity index (χ3v) is 6.71. The van der Waals surface area contributed by atoms with E-state index in [4.69, 9.17) is 4.74 Å². The summed E-state index contributed by atoms with van der Waals surface area (Å²) in [7, 11) is 0. The molecule has 2 aliphatic heterocycles. The maximum absolute atomic E-state index is 13.0. The Bertz CT molecular complexity index is 1320. The Morgan fingerprint density at radius 1 is 1.03 bits per heavy atom. The number of aromatic amines is 1. The van der Waals surface area contributed by atoms with Crippen LogP contribution in [-0.2, 0) is 9.53 Å². The minimum Gasteiger partial charge on any atom is -0.463 e. The summed E-state index contributed by atoms with van der Waals surface area (Å²) in [6.07, 6.45) is 1.58. The van der Waals surface area contributed by atoms with Crippen molar-refractivity contribution in [3.05, 3.63) is 81.9 Å². The van der Waals surface area contributed by atoms with Crippen molar-refractivity contribution >= 4 is 23.0 Å². The fraction of sp³-hybridized carbons (Fsp3) is 0.346. The van der Waals surface area contributed by atoms with E-state index in [1.807, 2.05) is 59.2 Å². The predicted molar refractivity (Wildman–Crippen MR) is 132 cm³/mol. The summed E-state index contributed by atoms with van der Waals surface area (Å²) >= 11 is 0. The average molecular weight is 476 g/mol. The van der Waals surface area contributed by atoms with Crippen molar-refractivity contribution in [2.24, 2.45) is 0 Å². The minimum atomic E-state index is -0.582. The molecule has 3 N–H and O–H groups in total. The number of amides is 2. The van der Waals surface area contributed by atoms with Gasteiger partial charge >= 0.3 is 17.7 Å². The zero-order chi connectivity index (χ0) is 24.4. The van der Waals surface area contributed by atoms with Gasteiger partial charge in [0, 0.05) is 31.4 Å². The summed E-state index contributed by atoms with van der Waals surface area (Å²) in [5, 5.41) is 5.72. The number of hydrogen-bond acceptors (Lipinski definition) is 5. The molecule has 5 rings (SSSR count). The highest BCUT2D eigenvalue weighted by Crippen LogP contribution is 2.30. The van der Waals surface area contributed by atoms with Gasteiger partial charge < -0.3 is 20.4 Å². The fourth-order valence-electron chi connectivity index (χ4n) is 5.08. The fourth-order valence-corrected chi connectivity index (χ4v) is 5.08. The third-order valence-electron chi connectivity index (χ3n) is 6.71. The van der Waals surface area contributed by atoms with E-state index < -0.39 is 12.0 Å². The number of ether oxygens (including phenoxy) is 1. The van der Waals surface area contributed by atoms with Crippen LogP contribution in [0.4, 0.5) is 4.79 Å². The largest absolute Gasteiger partial charge is 0.463 e. The van der Waals surface area contributed by atoms with Crippen molar-refractivity contribution < 1.29 is 14.3 Å².